The van der Waals surface area contributed by atoms with Crippen molar-refractivity contribution in [1.29, 1.82) is 5.26 Å². The second-order valence-corrected chi connectivity index (χ2v) is 16.6. The van der Waals surface area contributed by atoms with Crippen LogP contribution in [0.3, 0.4) is 0 Å². The Labute approximate surface area is 213 Å². The number of fused-ring (bicyclic) bond motifs is 2. The number of anilines is 3. The van der Waals surface area contributed by atoms with Gasteiger partial charge < -0.3 is 0 Å². The van der Waals surface area contributed by atoms with Crippen LogP contribution in [0.15, 0.2) is 127 Å². The van der Waals surface area contributed by atoms with Gasteiger partial charge in [-0.1, -0.05) is 0 Å². The Morgan fingerprint density at radius 1 is 0.639 bits per heavy atom. The molecule has 5 aromatic rings. The summed E-state index contributed by atoms with van der Waals surface area (Å²) < 4.78 is 5.41. The van der Waals surface area contributed by atoms with Gasteiger partial charge in [-0.15, -0.1) is 0 Å². The van der Waals surface area contributed by atoms with Gasteiger partial charge in [0.05, 0.1) is 0 Å². The van der Waals surface area contributed by atoms with Gasteiger partial charge in [-0.25, -0.2) is 0 Å². The molecule has 0 bridgehead atoms. The maximum atomic E-state index is 9.69. The predicted molar refractivity (Wildman–Crippen MR) is 149 cm³/mol. The molecule has 1 aliphatic heterocycles. The Balaban J connectivity index is 1.76. The summed E-state index contributed by atoms with van der Waals surface area (Å²) in [7, 11) is 0. The van der Waals surface area contributed by atoms with E-state index in [2.05, 4.69) is 125 Å². The van der Waals surface area contributed by atoms with Crippen LogP contribution in [0.5, 0.6) is 0 Å². The molecular formula is C32H21GeN3. The third-order valence-electron chi connectivity index (χ3n) is 6.93. The fourth-order valence-corrected chi connectivity index (χ4v) is 16.3. The Morgan fingerprint density at radius 2 is 1.14 bits per heavy atom. The van der Waals surface area contributed by atoms with Crippen LogP contribution in [0.4, 0.5) is 22.7 Å². The number of hydrogen-bond donors (Lipinski definition) is 0. The normalized spacial score (nSPS) is 13.1. The zero-order valence-electron chi connectivity index (χ0n) is 19.5. The summed E-state index contributed by atoms with van der Waals surface area (Å²) in [5.41, 5.74) is 3.99. The number of rotatable bonds is 3. The average molecular weight is 520 g/mol. The summed E-state index contributed by atoms with van der Waals surface area (Å²) >= 11 is -3.40. The van der Waals surface area contributed by atoms with Gasteiger partial charge in [-0.3, -0.25) is 0 Å². The molecule has 0 saturated heterocycles. The average Bonchev–Trinajstić information content (AvgIpc) is 2.96. The molecule has 1 heterocycles. The number of nitrogens with zero attached hydrogens (tertiary/aromatic N) is 3. The van der Waals surface area contributed by atoms with E-state index in [9.17, 15) is 5.26 Å². The SMILES string of the molecule is [C-]#[N+]c1cc(C#N)cc(N2c3cccc[c]3[Ge]([c]3ccccc3)([c]3ccccc3)[c]3ccccc32)c1. The quantitative estimate of drug-likeness (QED) is 0.235. The Bertz CT molecular complexity index is 1540. The van der Waals surface area contributed by atoms with Crippen molar-refractivity contribution in [1.82, 2.24) is 0 Å². The zero-order valence-corrected chi connectivity index (χ0v) is 21.6. The van der Waals surface area contributed by atoms with Gasteiger partial charge in [0, 0.05) is 0 Å². The topological polar surface area (TPSA) is 31.4 Å². The number of hydrogen-bond acceptors (Lipinski definition) is 2. The molecule has 0 N–H and O–H groups in total. The van der Waals surface area contributed by atoms with E-state index >= 15 is 0 Å². The molecule has 0 amide bonds. The molecule has 0 aliphatic carbocycles. The summed E-state index contributed by atoms with van der Waals surface area (Å²) in [6, 6.07) is 46.8. The molecule has 0 fully saturated rings. The molecular weight excluding hydrogens is 499 g/mol. The van der Waals surface area contributed by atoms with Gasteiger partial charge >= 0.3 is 214 Å². The molecule has 0 radical (unpaired) electrons. The third-order valence-corrected chi connectivity index (χ3v) is 17.1. The molecule has 3 nitrogen and oxygen atoms in total. The molecule has 5 aromatic carbocycles. The molecule has 0 spiro atoms. The molecule has 6 rings (SSSR count). The van der Waals surface area contributed by atoms with Crippen LogP contribution in [-0.2, 0) is 0 Å². The molecule has 0 aromatic heterocycles. The van der Waals surface area contributed by atoms with Crippen molar-refractivity contribution in [2.24, 2.45) is 0 Å². The van der Waals surface area contributed by atoms with Gasteiger partial charge in [0.2, 0.25) is 0 Å². The van der Waals surface area contributed by atoms with E-state index < -0.39 is 13.3 Å². The Morgan fingerprint density at radius 3 is 1.64 bits per heavy atom. The second-order valence-electron chi connectivity index (χ2n) is 8.81. The van der Waals surface area contributed by atoms with Gasteiger partial charge in [-0.2, -0.15) is 0 Å². The molecule has 4 heteroatoms. The van der Waals surface area contributed by atoms with E-state index in [1.807, 2.05) is 12.1 Å². The minimum atomic E-state index is -3.40. The fraction of sp³-hybridized carbons (Fsp3) is 0. The number of benzene rings is 5. The van der Waals surface area contributed by atoms with Crippen molar-refractivity contribution >= 4 is 53.6 Å². The van der Waals surface area contributed by atoms with Crippen LogP contribution in [0.25, 0.3) is 4.85 Å². The van der Waals surface area contributed by atoms with Crippen LogP contribution in [0.2, 0.25) is 0 Å². The first kappa shape index (κ1) is 21.9. The fourth-order valence-electron chi connectivity index (χ4n) is 5.54. The van der Waals surface area contributed by atoms with Gasteiger partial charge in [-0.05, 0) is 0 Å². The van der Waals surface area contributed by atoms with Crippen LogP contribution >= 0.6 is 0 Å². The van der Waals surface area contributed by atoms with Crippen LogP contribution < -0.4 is 22.5 Å². The molecule has 1 aliphatic rings. The number of para-hydroxylation sites is 2. The summed E-state index contributed by atoms with van der Waals surface area (Å²) in [4.78, 5) is 5.89. The molecule has 0 saturated carbocycles. The van der Waals surface area contributed by atoms with Gasteiger partial charge in [0.15, 0.2) is 0 Å². The summed E-state index contributed by atoms with van der Waals surface area (Å²) in [6.07, 6.45) is 0. The van der Waals surface area contributed by atoms with E-state index in [4.69, 9.17) is 6.57 Å². The van der Waals surface area contributed by atoms with Gasteiger partial charge in [0.25, 0.3) is 0 Å². The first-order valence-corrected chi connectivity index (χ1v) is 16.0. The van der Waals surface area contributed by atoms with Crippen molar-refractivity contribution < 1.29 is 0 Å². The molecule has 0 unspecified atom stereocenters. The minimum absolute atomic E-state index is 0.462. The third kappa shape index (κ3) is 3.26. The predicted octanol–water partition coefficient (Wildman–Crippen LogP) is 5.27. The van der Waals surface area contributed by atoms with Crippen molar-refractivity contribution in [2.45, 2.75) is 0 Å². The van der Waals surface area contributed by atoms with E-state index in [1.54, 1.807) is 6.07 Å². The second kappa shape index (κ2) is 8.89. The summed E-state index contributed by atoms with van der Waals surface area (Å²) in [5.74, 6) is 0. The Hall–Kier alpha value is -4.58. The van der Waals surface area contributed by atoms with Gasteiger partial charge in [0.1, 0.15) is 0 Å². The first-order chi connectivity index (χ1) is 17.8. The van der Waals surface area contributed by atoms with E-state index in [1.165, 1.54) is 17.6 Å². The van der Waals surface area contributed by atoms with E-state index in [-0.39, 0.29) is 0 Å². The van der Waals surface area contributed by atoms with Crippen LogP contribution in [0.1, 0.15) is 5.56 Å². The summed E-state index contributed by atoms with van der Waals surface area (Å²) in [5, 5.41) is 9.69. The Kier molecular flexibility index (Phi) is 5.42. The molecule has 36 heavy (non-hydrogen) atoms. The zero-order chi connectivity index (χ0) is 24.5. The first-order valence-electron chi connectivity index (χ1n) is 11.8. The standard InChI is InChI=1S/C32H21GeN3/c1-35-27-20-24(23-34)21-28(22-27)36-31-18-10-8-16-29(31)33(25-12-4-2-5-13-25,26-14-6-3-7-15-26)30-17-9-11-19-32(30)36/h2-22H. The maximum absolute atomic E-state index is 9.69. The monoisotopic (exact) mass is 521 g/mol. The van der Waals surface area contributed by atoms with Crippen molar-refractivity contribution in [3.63, 3.8) is 0 Å². The van der Waals surface area contributed by atoms with E-state index in [0.717, 1.165) is 17.1 Å². The van der Waals surface area contributed by atoms with Crippen LogP contribution in [-0.4, -0.2) is 13.3 Å². The molecule has 168 valence electrons. The van der Waals surface area contributed by atoms with Crippen molar-refractivity contribution in [3.8, 4) is 6.07 Å². The van der Waals surface area contributed by atoms with Crippen molar-refractivity contribution in [3.05, 3.63) is 144 Å². The molecule has 0 atom stereocenters. The number of nitriles is 1. The van der Waals surface area contributed by atoms with Crippen LogP contribution in [0, 0.1) is 17.9 Å². The summed E-state index contributed by atoms with van der Waals surface area (Å²) in [6.45, 7) is 7.61. The van der Waals surface area contributed by atoms with E-state index in [0.29, 0.717) is 11.3 Å². The van der Waals surface area contributed by atoms with Crippen molar-refractivity contribution in [2.75, 3.05) is 4.90 Å².